The first-order valence-electron chi connectivity index (χ1n) is 16.7. The Hall–Kier alpha value is -0.580. The number of nitrogens with two attached hydrogens (primary N) is 1. The average Bonchev–Trinajstić information content (AvgIpc) is 3.40. The lowest BCUT2D eigenvalue weighted by atomic mass is 9.47. The van der Waals surface area contributed by atoms with Crippen LogP contribution in [0.3, 0.4) is 0 Å². The number of fused-ring (bicyclic) bond motifs is 7. The lowest BCUT2D eigenvalue weighted by molar-refractivity contribution is -0.786. The zero-order valence-corrected chi connectivity index (χ0v) is 25.5. The van der Waals surface area contributed by atoms with E-state index < -0.39 is 37.3 Å². The molecule has 0 amide bonds. The van der Waals surface area contributed by atoms with Gasteiger partial charge in [-0.25, -0.2) is 0 Å². The van der Waals surface area contributed by atoms with Crippen LogP contribution in [-0.4, -0.2) is 82.2 Å². The minimum Gasteiger partial charge on any atom is -0.394 e. The molecule has 8 nitrogen and oxygen atoms in total. The summed E-state index contributed by atoms with van der Waals surface area (Å²) in [5, 5.41) is 43.0. The lowest BCUT2D eigenvalue weighted by Gasteiger charge is -2.58. The van der Waals surface area contributed by atoms with Crippen molar-refractivity contribution in [3.63, 3.8) is 0 Å². The molecule has 0 aromatic heterocycles. The van der Waals surface area contributed by atoms with E-state index >= 15 is 0 Å². The minimum atomic E-state index is -1.40. The van der Waals surface area contributed by atoms with Gasteiger partial charge in [-0.1, -0.05) is 39.3 Å². The molecule has 3 aliphatic heterocycles. The monoisotopic (exact) mass is 576 g/mol. The topological polar surface area (TPSA) is 125 Å². The van der Waals surface area contributed by atoms with E-state index in [2.05, 4.69) is 39.1 Å². The zero-order chi connectivity index (χ0) is 28.9. The lowest BCUT2D eigenvalue weighted by Crippen LogP contribution is -3.00. The fourth-order valence-electron chi connectivity index (χ4n) is 11.5. The molecule has 1 spiro atoms. The van der Waals surface area contributed by atoms with Gasteiger partial charge in [0.25, 0.3) is 0 Å². The molecule has 16 atom stereocenters. The van der Waals surface area contributed by atoms with Crippen molar-refractivity contribution in [2.75, 3.05) is 13.2 Å². The number of piperidine rings is 1. The summed E-state index contributed by atoms with van der Waals surface area (Å²) >= 11 is 0. The van der Waals surface area contributed by atoms with Crippen LogP contribution in [0.5, 0.6) is 0 Å². The second-order valence-corrected chi connectivity index (χ2v) is 15.7. The van der Waals surface area contributed by atoms with Crippen LogP contribution in [0.25, 0.3) is 0 Å². The molecule has 0 aromatic rings. The molecule has 0 aromatic carbocycles. The molecule has 0 unspecified atom stereocenters. The highest BCUT2D eigenvalue weighted by molar-refractivity contribution is 5.26. The fourth-order valence-corrected chi connectivity index (χ4v) is 11.5. The van der Waals surface area contributed by atoms with E-state index in [1.54, 1.807) is 0 Å². The molecule has 4 aliphatic carbocycles. The van der Waals surface area contributed by atoms with Crippen molar-refractivity contribution in [2.45, 2.75) is 134 Å². The van der Waals surface area contributed by atoms with E-state index in [4.69, 9.17) is 14.2 Å². The van der Waals surface area contributed by atoms with Gasteiger partial charge < -0.3 is 40.0 Å². The number of rotatable bonds is 3. The molecule has 7 rings (SSSR count). The molecule has 8 heteroatoms. The van der Waals surface area contributed by atoms with Gasteiger partial charge in [0.05, 0.1) is 25.4 Å². The molecule has 41 heavy (non-hydrogen) atoms. The Morgan fingerprint density at radius 1 is 1.00 bits per heavy atom. The maximum atomic E-state index is 10.5. The first-order valence-corrected chi connectivity index (χ1v) is 16.7. The quantitative estimate of drug-likeness (QED) is 0.326. The van der Waals surface area contributed by atoms with Gasteiger partial charge in [-0.15, -0.1) is 0 Å². The van der Waals surface area contributed by atoms with Crippen molar-refractivity contribution in [2.24, 2.45) is 46.3 Å². The Bertz CT molecular complexity index is 1030. The van der Waals surface area contributed by atoms with Crippen molar-refractivity contribution >= 4 is 0 Å². The minimum absolute atomic E-state index is 0.0115. The Kier molecular flexibility index (Phi) is 7.27. The van der Waals surface area contributed by atoms with E-state index in [1.807, 2.05) is 0 Å². The highest BCUT2D eigenvalue weighted by atomic mass is 16.7. The summed E-state index contributed by atoms with van der Waals surface area (Å²) in [6, 6.07) is 0. The van der Waals surface area contributed by atoms with Crippen LogP contribution < -0.4 is 5.32 Å². The van der Waals surface area contributed by atoms with Gasteiger partial charge in [0.15, 0.2) is 6.29 Å². The molecule has 232 valence electrons. The number of ether oxygens (including phenoxy) is 3. The van der Waals surface area contributed by atoms with E-state index in [-0.39, 0.29) is 17.2 Å². The van der Waals surface area contributed by atoms with Gasteiger partial charge in [-0.2, -0.15) is 0 Å². The summed E-state index contributed by atoms with van der Waals surface area (Å²) in [4.78, 5) is 0. The normalized spacial score (nSPS) is 58.3. The number of allylic oxidation sites excluding steroid dienone is 1. The zero-order valence-electron chi connectivity index (χ0n) is 25.5. The fraction of sp³-hybridized carbons (Fsp3) is 0.939. The van der Waals surface area contributed by atoms with Crippen LogP contribution in [0, 0.1) is 46.3 Å². The molecule has 7 aliphatic rings. The second kappa shape index (κ2) is 10.2. The van der Waals surface area contributed by atoms with Crippen LogP contribution in [-0.2, 0) is 14.2 Å². The van der Waals surface area contributed by atoms with Crippen LogP contribution in [0.15, 0.2) is 11.6 Å². The van der Waals surface area contributed by atoms with Gasteiger partial charge in [-0.05, 0) is 80.0 Å². The standard InChI is InChI=1S/C33H53NO7/c1-17-7-12-33(34-15-17)18(2)26-24(41-33)14-23-21-6-5-19-13-20(8-10-31(19,3)22(21)9-11-32(23,26)4)39-30-29(38)28(37)27(36)25(16-35)40-30/h5,17-18,20-30,34-38H,6-16H2,1-4H3/p+1/t17-,18+,20+,21-,22+,23+,24+,25-,26+,27-,28+,29-,30-,31+,32-,33-/m1/s1. The van der Waals surface area contributed by atoms with E-state index in [1.165, 1.54) is 44.2 Å². The Balaban J connectivity index is 1.05. The van der Waals surface area contributed by atoms with E-state index in [9.17, 15) is 20.4 Å². The molecular formula is C33H54NO7+. The van der Waals surface area contributed by atoms with Gasteiger partial charge in [-0.3, -0.25) is 0 Å². The molecule has 3 saturated heterocycles. The van der Waals surface area contributed by atoms with Crippen LogP contribution in [0.1, 0.15) is 85.5 Å². The summed E-state index contributed by atoms with van der Waals surface area (Å²) in [5.41, 5.74) is 2.02. The third-order valence-electron chi connectivity index (χ3n) is 13.9. The molecule has 0 radical (unpaired) electrons. The Morgan fingerprint density at radius 3 is 2.54 bits per heavy atom. The second-order valence-electron chi connectivity index (χ2n) is 15.7. The summed E-state index contributed by atoms with van der Waals surface area (Å²) in [6.07, 6.45) is 6.85. The number of quaternary nitrogens is 1. The van der Waals surface area contributed by atoms with Crippen LogP contribution >= 0.6 is 0 Å². The van der Waals surface area contributed by atoms with Crippen molar-refractivity contribution in [1.82, 2.24) is 0 Å². The molecule has 6 fully saturated rings. The van der Waals surface area contributed by atoms with E-state index in [0.29, 0.717) is 35.2 Å². The summed E-state index contributed by atoms with van der Waals surface area (Å²) in [7, 11) is 0. The SMILES string of the molecule is C[C@@H]1CC[C@@]2([NH2+]C1)O[C@H]1C[C@H]3[C@@H]4CC=C5C[C@@H](O[C@@H]6O[C@H](CO)[C@@H](O)[C@H](O)[C@H]6O)CC[C@]5(C)[C@H]4CC[C@@]3(C)[C@H]1[C@@H]2C. The summed E-state index contributed by atoms with van der Waals surface area (Å²) in [5.74, 6) is 4.16. The molecule has 6 N–H and O–H groups in total. The van der Waals surface area contributed by atoms with Crippen LogP contribution in [0.2, 0.25) is 0 Å². The van der Waals surface area contributed by atoms with Gasteiger partial charge in [0.1, 0.15) is 24.4 Å². The van der Waals surface area contributed by atoms with Gasteiger partial charge >= 0.3 is 0 Å². The Labute approximate surface area is 245 Å². The predicted octanol–water partition coefficient (Wildman–Crippen LogP) is 2.08. The molecular weight excluding hydrogens is 522 g/mol. The molecule has 0 bridgehead atoms. The largest absolute Gasteiger partial charge is 0.394 e. The number of hydrogen-bond donors (Lipinski definition) is 5. The van der Waals surface area contributed by atoms with Crippen molar-refractivity contribution in [3.8, 4) is 0 Å². The smallest absolute Gasteiger partial charge is 0.203 e. The average molecular weight is 577 g/mol. The Morgan fingerprint density at radius 2 is 1.80 bits per heavy atom. The maximum Gasteiger partial charge on any atom is 0.203 e. The predicted molar refractivity (Wildman–Crippen MR) is 151 cm³/mol. The van der Waals surface area contributed by atoms with Crippen molar-refractivity contribution < 1.29 is 40.0 Å². The van der Waals surface area contributed by atoms with Crippen molar-refractivity contribution in [1.29, 1.82) is 0 Å². The number of hydrogen-bond acceptors (Lipinski definition) is 7. The first kappa shape index (κ1) is 29.1. The summed E-state index contributed by atoms with van der Waals surface area (Å²) in [6.45, 7) is 10.8. The highest BCUT2D eigenvalue weighted by Crippen LogP contribution is 2.70. The van der Waals surface area contributed by atoms with Crippen molar-refractivity contribution in [3.05, 3.63) is 11.6 Å². The van der Waals surface area contributed by atoms with E-state index in [0.717, 1.165) is 37.5 Å². The van der Waals surface area contributed by atoms with Gasteiger partial charge in [0.2, 0.25) is 5.72 Å². The van der Waals surface area contributed by atoms with Crippen LogP contribution in [0.4, 0.5) is 0 Å². The number of aliphatic hydroxyl groups excluding tert-OH is 4. The maximum absolute atomic E-state index is 10.5. The first-order chi connectivity index (χ1) is 19.5. The third-order valence-corrected chi connectivity index (χ3v) is 13.9. The summed E-state index contributed by atoms with van der Waals surface area (Å²) < 4.78 is 19.0. The molecule has 3 heterocycles. The molecule has 3 saturated carbocycles. The van der Waals surface area contributed by atoms with Gasteiger partial charge in [0, 0.05) is 24.2 Å². The third kappa shape index (κ3) is 4.29. The highest BCUT2D eigenvalue weighted by Gasteiger charge is 2.69. The number of aliphatic hydroxyl groups is 4.